The number of hydrogen-bond acceptors (Lipinski definition) is 9. The minimum Gasteiger partial charge on any atom is -0.493 e. The Bertz CT molecular complexity index is 1570. The van der Waals surface area contributed by atoms with Gasteiger partial charge in [-0.1, -0.05) is 43.2 Å². The Labute approximate surface area is 292 Å². The van der Waals surface area contributed by atoms with Crippen LogP contribution in [0.1, 0.15) is 74.2 Å². The number of benzene rings is 3. The molecule has 0 aromatic heterocycles. The number of rotatable bonds is 14. The molecule has 3 aromatic carbocycles. The first kappa shape index (κ1) is 36.4. The van der Waals surface area contributed by atoms with Crippen LogP contribution in [0.25, 0.3) is 0 Å². The Kier molecular flexibility index (Phi) is 12.7. The fourth-order valence-electron chi connectivity index (χ4n) is 6.52. The average molecular weight is 696 g/mol. The van der Waals surface area contributed by atoms with E-state index in [1.54, 1.807) is 46.6 Å². The normalized spacial score (nSPS) is 18.7. The predicted molar refractivity (Wildman–Crippen MR) is 186 cm³/mol. The monoisotopic (exact) mass is 695 g/mol. The van der Waals surface area contributed by atoms with E-state index in [-0.39, 0.29) is 35.1 Å². The molecule has 3 unspecified atom stereocenters. The van der Waals surface area contributed by atoms with Crippen molar-refractivity contribution >= 4 is 17.7 Å². The second-order valence-corrected chi connectivity index (χ2v) is 13.7. The van der Waals surface area contributed by atoms with Crippen molar-refractivity contribution < 1.29 is 42.8 Å². The number of hydroxylamine groups is 2. The number of allylic oxidation sites excluding steroid dienone is 1. The topological polar surface area (TPSA) is 95.9 Å². The molecule has 0 radical (unpaired) electrons. The molecule has 11 heteroatoms. The Morgan fingerprint density at radius 1 is 0.939 bits per heavy atom. The van der Waals surface area contributed by atoms with Crippen molar-refractivity contribution in [1.82, 2.24) is 5.06 Å². The van der Waals surface area contributed by atoms with Gasteiger partial charge in [-0.2, -0.15) is 5.06 Å². The molecule has 1 aliphatic carbocycles. The number of nitrogens with zero attached hydrogens (tertiary/aromatic N) is 1. The lowest BCUT2D eigenvalue weighted by molar-refractivity contribution is -0.160. The van der Waals surface area contributed by atoms with Crippen LogP contribution >= 0.6 is 11.8 Å². The number of halogens is 1. The van der Waals surface area contributed by atoms with Crippen LogP contribution in [0.15, 0.2) is 65.7 Å². The van der Waals surface area contributed by atoms with Crippen molar-refractivity contribution in [3.63, 3.8) is 0 Å². The van der Waals surface area contributed by atoms with Crippen LogP contribution in [0.3, 0.4) is 0 Å². The minimum absolute atomic E-state index is 0.0444. The molecule has 0 spiro atoms. The lowest BCUT2D eigenvalue weighted by atomic mass is 9.88. The first-order valence-electron chi connectivity index (χ1n) is 16.6. The fourth-order valence-corrected chi connectivity index (χ4v) is 7.34. The summed E-state index contributed by atoms with van der Waals surface area (Å²) in [6.07, 6.45) is 8.77. The molecule has 1 N–H and O–H groups in total. The molecule has 2 fully saturated rings. The molecule has 1 saturated heterocycles. The lowest BCUT2D eigenvalue weighted by Gasteiger charge is -2.23. The van der Waals surface area contributed by atoms with Crippen molar-refractivity contribution in [1.29, 1.82) is 0 Å². The summed E-state index contributed by atoms with van der Waals surface area (Å²) in [5.41, 5.74) is 2.42. The first-order valence-corrected chi connectivity index (χ1v) is 17.5. The third kappa shape index (κ3) is 9.00. The van der Waals surface area contributed by atoms with Gasteiger partial charge in [0.25, 0.3) is 5.91 Å². The van der Waals surface area contributed by atoms with Gasteiger partial charge in [0.15, 0.2) is 23.0 Å². The molecule has 2 aliphatic rings. The van der Waals surface area contributed by atoms with Gasteiger partial charge >= 0.3 is 0 Å². The number of amides is 1. The van der Waals surface area contributed by atoms with Crippen LogP contribution < -0.4 is 23.7 Å². The fraction of sp³-hybridized carbons (Fsp3) is 0.447. The maximum absolute atomic E-state index is 13.5. The van der Waals surface area contributed by atoms with Crippen LogP contribution in [0.2, 0.25) is 0 Å². The van der Waals surface area contributed by atoms with Gasteiger partial charge in [0.1, 0.15) is 11.3 Å². The van der Waals surface area contributed by atoms with E-state index in [2.05, 4.69) is 6.07 Å². The van der Waals surface area contributed by atoms with Crippen LogP contribution in [-0.4, -0.2) is 56.7 Å². The van der Waals surface area contributed by atoms with Crippen molar-refractivity contribution in [2.24, 2.45) is 5.92 Å². The van der Waals surface area contributed by atoms with Gasteiger partial charge in [0.05, 0.1) is 41.2 Å². The van der Waals surface area contributed by atoms with Gasteiger partial charge in [-0.05, 0) is 86.2 Å². The molecule has 3 aromatic rings. The number of ether oxygens (including phenoxy) is 6. The van der Waals surface area contributed by atoms with E-state index in [9.17, 15) is 14.4 Å². The number of thioether (sulfide) groups is 1. The van der Waals surface area contributed by atoms with E-state index >= 15 is 0 Å². The van der Waals surface area contributed by atoms with Gasteiger partial charge in [0, 0.05) is 28.5 Å². The second kappa shape index (κ2) is 17.1. The number of carbonyl (C=O) groups excluding carboxylic acids is 1. The van der Waals surface area contributed by atoms with E-state index < -0.39 is 0 Å². The SMILES string of the molecule is COc1cc(C2COC(c3cc(OC)c(OC)c(OC)c3)C2)cc(C/C=C/N(O)C(=O)C2CCCCC2)c1OC(C)Sc1ccc(F)cc1. The molecule has 49 heavy (non-hydrogen) atoms. The molecular weight excluding hydrogens is 649 g/mol. The Morgan fingerprint density at radius 2 is 1.57 bits per heavy atom. The van der Waals surface area contributed by atoms with Crippen LogP contribution in [0, 0.1) is 11.7 Å². The van der Waals surface area contributed by atoms with E-state index in [0.717, 1.165) is 58.8 Å². The van der Waals surface area contributed by atoms with E-state index in [4.69, 9.17) is 28.4 Å². The molecule has 264 valence electrons. The van der Waals surface area contributed by atoms with Crippen LogP contribution in [0.5, 0.6) is 28.7 Å². The summed E-state index contributed by atoms with van der Waals surface area (Å²) in [6, 6.07) is 14.2. The summed E-state index contributed by atoms with van der Waals surface area (Å²) >= 11 is 1.45. The third-order valence-electron chi connectivity index (χ3n) is 9.07. The largest absolute Gasteiger partial charge is 0.493 e. The Hall–Kier alpha value is -3.93. The lowest BCUT2D eigenvalue weighted by Crippen LogP contribution is -2.30. The maximum atomic E-state index is 13.5. The summed E-state index contributed by atoms with van der Waals surface area (Å²) in [5.74, 6) is 2.08. The molecule has 9 nitrogen and oxygen atoms in total. The van der Waals surface area contributed by atoms with Crippen LogP contribution in [-0.2, 0) is 16.0 Å². The van der Waals surface area contributed by atoms with E-state index in [1.165, 1.54) is 30.1 Å². The summed E-state index contributed by atoms with van der Waals surface area (Å²) in [5, 5.41) is 11.3. The highest BCUT2D eigenvalue weighted by molar-refractivity contribution is 7.99. The minimum atomic E-state index is -0.339. The second-order valence-electron chi connectivity index (χ2n) is 12.3. The zero-order valence-electron chi connectivity index (χ0n) is 28.8. The summed E-state index contributed by atoms with van der Waals surface area (Å²) in [6.45, 7) is 2.41. The van der Waals surface area contributed by atoms with Crippen molar-refractivity contribution in [3.05, 3.63) is 83.3 Å². The van der Waals surface area contributed by atoms with Gasteiger partial charge in [-0.25, -0.2) is 4.39 Å². The summed E-state index contributed by atoms with van der Waals surface area (Å²) in [7, 11) is 6.36. The first-order chi connectivity index (χ1) is 23.7. The molecule has 5 rings (SSSR count). The van der Waals surface area contributed by atoms with Gasteiger partial charge in [-0.3, -0.25) is 10.0 Å². The average Bonchev–Trinajstić information content (AvgIpc) is 3.63. The smallest absolute Gasteiger partial charge is 0.253 e. The van der Waals surface area contributed by atoms with Crippen LogP contribution in [0.4, 0.5) is 4.39 Å². The van der Waals surface area contributed by atoms with E-state index in [0.29, 0.717) is 48.2 Å². The standard InChI is InChI=1S/C38H46FNO8S/c1-24(49-31-15-13-30(39)14-16-31)48-36-26(12-9-17-40(42)38(41)25-10-7-6-8-11-25)18-27(19-33(36)43-2)29-22-32(47-23-29)28-20-34(44-3)37(46-5)35(21-28)45-4/h9,13-21,24-25,29,32,42H,6-8,10-12,22-23H2,1-5H3/b17-9+. The molecule has 1 heterocycles. The molecule has 1 amide bonds. The Morgan fingerprint density at radius 3 is 2.20 bits per heavy atom. The van der Waals surface area contributed by atoms with Crippen molar-refractivity contribution in [3.8, 4) is 28.7 Å². The summed E-state index contributed by atoms with van der Waals surface area (Å²) in [4.78, 5) is 13.7. The predicted octanol–water partition coefficient (Wildman–Crippen LogP) is 8.48. The number of carbonyl (C=O) groups is 1. The zero-order chi connectivity index (χ0) is 34.9. The number of hydrogen-bond donors (Lipinski definition) is 1. The van der Waals surface area contributed by atoms with Gasteiger partial charge < -0.3 is 28.4 Å². The quantitative estimate of drug-likeness (QED) is 0.0771. The Balaban J connectivity index is 1.40. The highest BCUT2D eigenvalue weighted by atomic mass is 32.2. The molecule has 0 bridgehead atoms. The molecule has 1 aliphatic heterocycles. The van der Waals surface area contributed by atoms with Crippen molar-refractivity contribution in [2.45, 2.75) is 74.2 Å². The number of methoxy groups -OCH3 is 4. The van der Waals surface area contributed by atoms with Gasteiger partial charge in [0.2, 0.25) is 5.75 Å². The van der Waals surface area contributed by atoms with Gasteiger partial charge in [-0.15, -0.1) is 0 Å². The van der Waals surface area contributed by atoms with E-state index in [1.807, 2.05) is 25.1 Å². The highest BCUT2D eigenvalue weighted by Gasteiger charge is 2.31. The molecular formula is C38H46FNO8S. The maximum Gasteiger partial charge on any atom is 0.253 e. The molecule has 3 atom stereocenters. The molecule has 1 saturated carbocycles. The highest BCUT2D eigenvalue weighted by Crippen LogP contribution is 2.46. The zero-order valence-corrected chi connectivity index (χ0v) is 29.6. The van der Waals surface area contributed by atoms with Crippen molar-refractivity contribution in [2.75, 3.05) is 35.0 Å². The third-order valence-corrected chi connectivity index (χ3v) is 10.0. The summed E-state index contributed by atoms with van der Waals surface area (Å²) < 4.78 is 48.8.